The van der Waals surface area contributed by atoms with E-state index in [9.17, 15) is 0 Å². The van der Waals surface area contributed by atoms with E-state index in [-0.39, 0.29) is 0 Å². The Morgan fingerprint density at radius 2 is 1.46 bits per heavy atom. The number of carboxylic acids is 2. The molecule has 0 spiro atoms. The molecule has 8 nitrogen and oxygen atoms in total. The molecule has 1 saturated heterocycles. The van der Waals surface area contributed by atoms with Gasteiger partial charge in [0.25, 0.3) is 0 Å². The van der Waals surface area contributed by atoms with Crippen LogP contribution in [0.15, 0.2) is 24.3 Å². The number of likely N-dealkylation sites (tertiary alicyclic amines) is 1. The highest BCUT2D eigenvalue weighted by Gasteiger charge is 2.10. The number of benzene rings is 1. The number of aliphatic carboxylic acids is 2. The number of nitrogens with zero attached hydrogens (tertiary/aromatic N) is 1. The Bertz CT molecular complexity index is 515. The SMILES string of the molecule is CCOc1ccc(OCCOCCN2CCCC2)cc1.O=C(O)C(=O)O. The summed E-state index contributed by atoms with van der Waals surface area (Å²) in [6, 6.07) is 7.70. The molecule has 0 saturated carbocycles. The van der Waals surface area contributed by atoms with E-state index in [1.165, 1.54) is 25.9 Å². The van der Waals surface area contributed by atoms with Crippen LogP contribution in [0.1, 0.15) is 19.8 Å². The van der Waals surface area contributed by atoms with Gasteiger partial charge in [-0.15, -0.1) is 0 Å². The van der Waals surface area contributed by atoms with Crippen LogP contribution in [-0.2, 0) is 14.3 Å². The van der Waals surface area contributed by atoms with Crippen LogP contribution in [0.25, 0.3) is 0 Å². The van der Waals surface area contributed by atoms with Crippen LogP contribution in [0.5, 0.6) is 11.5 Å². The molecule has 146 valence electrons. The van der Waals surface area contributed by atoms with Gasteiger partial charge in [-0.1, -0.05) is 0 Å². The van der Waals surface area contributed by atoms with Gasteiger partial charge in [-0.05, 0) is 57.1 Å². The summed E-state index contributed by atoms with van der Waals surface area (Å²) in [6.07, 6.45) is 2.67. The van der Waals surface area contributed by atoms with E-state index in [1.807, 2.05) is 31.2 Å². The summed E-state index contributed by atoms with van der Waals surface area (Å²) in [5.41, 5.74) is 0. The van der Waals surface area contributed by atoms with Crippen LogP contribution in [0.3, 0.4) is 0 Å². The van der Waals surface area contributed by atoms with Crippen molar-refractivity contribution in [1.82, 2.24) is 4.90 Å². The van der Waals surface area contributed by atoms with E-state index in [4.69, 9.17) is 34.0 Å². The van der Waals surface area contributed by atoms with Crippen molar-refractivity contribution in [1.29, 1.82) is 0 Å². The van der Waals surface area contributed by atoms with E-state index in [0.29, 0.717) is 19.8 Å². The molecule has 0 bridgehead atoms. The molecule has 1 heterocycles. The highest BCUT2D eigenvalue weighted by Crippen LogP contribution is 2.17. The van der Waals surface area contributed by atoms with Gasteiger partial charge in [-0.2, -0.15) is 0 Å². The summed E-state index contributed by atoms with van der Waals surface area (Å²) in [4.78, 5) is 20.7. The van der Waals surface area contributed by atoms with Gasteiger partial charge >= 0.3 is 11.9 Å². The number of ether oxygens (including phenoxy) is 3. The fourth-order valence-electron chi connectivity index (χ4n) is 2.32. The number of rotatable bonds is 9. The number of hydrogen-bond donors (Lipinski definition) is 2. The summed E-state index contributed by atoms with van der Waals surface area (Å²) in [7, 11) is 0. The van der Waals surface area contributed by atoms with Crippen molar-refractivity contribution >= 4 is 11.9 Å². The predicted molar refractivity (Wildman–Crippen MR) is 94.9 cm³/mol. The van der Waals surface area contributed by atoms with Gasteiger partial charge in [0.15, 0.2) is 0 Å². The molecule has 1 aliphatic heterocycles. The normalized spacial score (nSPS) is 13.6. The molecular formula is C18H27NO7. The van der Waals surface area contributed by atoms with Crippen molar-refractivity contribution in [3.63, 3.8) is 0 Å². The Hall–Kier alpha value is -2.32. The van der Waals surface area contributed by atoms with E-state index in [0.717, 1.165) is 24.7 Å². The van der Waals surface area contributed by atoms with E-state index in [2.05, 4.69) is 4.90 Å². The zero-order valence-electron chi connectivity index (χ0n) is 15.1. The lowest BCUT2D eigenvalue weighted by molar-refractivity contribution is -0.159. The van der Waals surface area contributed by atoms with Crippen LogP contribution < -0.4 is 9.47 Å². The Labute approximate surface area is 153 Å². The zero-order chi connectivity index (χ0) is 19.2. The summed E-state index contributed by atoms with van der Waals surface area (Å²) in [5, 5.41) is 14.8. The van der Waals surface area contributed by atoms with Crippen LogP contribution in [-0.4, -0.2) is 73.1 Å². The van der Waals surface area contributed by atoms with Gasteiger partial charge in [0.1, 0.15) is 18.1 Å². The Kier molecular flexibility index (Phi) is 10.8. The van der Waals surface area contributed by atoms with Gasteiger partial charge in [0, 0.05) is 6.54 Å². The van der Waals surface area contributed by atoms with Crippen molar-refractivity contribution in [3.05, 3.63) is 24.3 Å². The van der Waals surface area contributed by atoms with Crippen LogP contribution in [0, 0.1) is 0 Å². The second-order valence-electron chi connectivity index (χ2n) is 5.52. The molecule has 1 aromatic carbocycles. The molecule has 0 aliphatic carbocycles. The maximum Gasteiger partial charge on any atom is 0.414 e. The molecule has 0 radical (unpaired) electrons. The lowest BCUT2D eigenvalue weighted by Crippen LogP contribution is -2.24. The Morgan fingerprint density at radius 3 is 1.96 bits per heavy atom. The molecule has 26 heavy (non-hydrogen) atoms. The monoisotopic (exact) mass is 369 g/mol. The second kappa shape index (κ2) is 13.0. The van der Waals surface area contributed by atoms with Crippen LogP contribution >= 0.6 is 0 Å². The summed E-state index contributed by atoms with van der Waals surface area (Å²) in [6.45, 7) is 8.19. The molecule has 1 aliphatic rings. The topological polar surface area (TPSA) is 106 Å². The molecule has 0 aromatic heterocycles. The lowest BCUT2D eigenvalue weighted by Gasteiger charge is -2.14. The van der Waals surface area contributed by atoms with Gasteiger partial charge in [0.2, 0.25) is 0 Å². The highest BCUT2D eigenvalue weighted by atomic mass is 16.5. The third-order valence-corrected chi connectivity index (χ3v) is 3.56. The minimum absolute atomic E-state index is 0.591. The molecule has 0 unspecified atom stereocenters. The summed E-state index contributed by atoms with van der Waals surface area (Å²) >= 11 is 0. The van der Waals surface area contributed by atoms with Crippen molar-refractivity contribution in [2.75, 3.05) is 46.1 Å². The highest BCUT2D eigenvalue weighted by molar-refractivity contribution is 6.27. The predicted octanol–water partition coefficient (Wildman–Crippen LogP) is 1.73. The van der Waals surface area contributed by atoms with E-state index < -0.39 is 11.9 Å². The van der Waals surface area contributed by atoms with Crippen molar-refractivity contribution < 1.29 is 34.0 Å². The minimum atomic E-state index is -1.82. The van der Waals surface area contributed by atoms with Crippen molar-refractivity contribution in [3.8, 4) is 11.5 Å². The van der Waals surface area contributed by atoms with Crippen molar-refractivity contribution in [2.45, 2.75) is 19.8 Å². The molecule has 2 rings (SSSR count). The molecule has 1 fully saturated rings. The van der Waals surface area contributed by atoms with Gasteiger partial charge < -0.3 is 29.3 Å². The standard InChI is InChI=1S/C16H25NO3.C2H2O4/c1-2-19-15-5-7-16(8-6-15)20-14-13-18-12-11-17-9-3-4-10-17;3-1(4)2(5)6/h5-8H,2-4,9-14H2,1H3;(H,3,4)(H,5,6). The molecule has 2 N–H and O–H groups in total. The summed E-state index contributed by atoms with van der Waals surface area (Å²) < 4.78 is 16.6. The van der Waals surface area contributed by atoms with Crippen molar-refractivity contribution in [2.24, 2.45) is 0 Å². The maximum absolute atomic E-state index is 9.10. The zero-order valence-corrected chi connectivity index (χ0v) is 15.1. The maximum atomic E-state index is 9.10. The number of carboxylic acid groups (broad SMARTS) is 2. The van der Waals surface area contributed by atoms with Gasteiger partial charge in [-0.3, -0.25) is 0 Å². The molecule has 0 amide bonds. The first-order chi connectivity index (χ1) is 12.5. The molecule has 8 heteroatoms. The Balaban J connectivity index is 0.000000487. The number of carbonyl (C=O) groups is 2. The van der Waals surface area contributed by atoms with E-state index >= 15 is 0 Å². The average Bonchev–Trinajstić information content (AvgIpc) is 3.13. The molecule has 0 atom stereocenters. The molecule has 1 aromatic rings. The number of hydrogen-bond acceptors (Lipinski definition) is 6. The van der Waals surface area contributed by atoms with E-state index in [1.54, 1.807) is 0 Å². The fourth-order valence-corrected chi connectivity index (χ4v) is 2.32. The Morgan fingerprint density at radius 1 is 0.923 bits per heavy atom. The first kappa shape index (κ1) is 21.7. The molecular weight excluding hydrogens is 342 g/mol. The quantitative estimate of drug-likeness (QED) is 0.501. The third kappa shape index (κ3) is 9.85. The van der Waals surface area contributed by atoms with Gasteiger partial charge in [0.05, 0.1) is 19.8 Å². The van der Waals surface area contributed by atoms with Crippen LogP contribution in [0.4, 0.5) is 0 Å². The van der Waals surface area contributed by atoms with Crippen LogP contribution in [0.2, 0.25) is 0 Å². The second-order valence-corrected chi connectivity index (χ2v) is 5.52. The minimum Gasteiger partial charge on any atom is -0.494 e. The summed E-state index contributed by atoms with van der Waals surface area (Å²) in [5.74, 6) is -1.91. The smallest absolute Gasteiger partial charge is 0.414 e. The van der Waals surface area contributed by atoms with Gasteiger partial charge in [-0.25, -0.2) is 9.59 Å². The first-order valence-corrected chi connectivity index (χ1v) is 8.65. The fraction of sp³-hybridized carbons (Fsp3) is 0.556. The largest absolute Gasteiger partial charge is 0.494 e. The average molecular weight is 369 g/mol. The lowest BCUT2D eigenvalue weighted by atomic mass is 10.3. The first-order valence-electron chi connectivity index (χ1n) is 8.65. The third-order valence-electron chi connectivity index (χ3n) is 3.56.